The number of rotatable bonds is 6. The number of ketones is 1. The molecule has 2 aromatic rings. The van der Waals surface area contributed by atoms with Gasteiger partial charge in [-0.25, -0.2) is 4.39 Å². The number of anilines is 1. The number of quaternary nitrogens is 1. The lowest BCUT2D eigenvalue weighted by atomic mass is 10.1. The second-order valence-corrected chi connectivity index (χ2v) is 6.36. The van der Waals surface area contributed by atoms with E-state index >= 15 is 0 Å². The Kier molecular flexibility index (Phi) is 5.59. The van der Waals surface area contributed by atoms with E-state index in [0.717, 1.165) is 39.1 Å². The second kappa shape index (κ2) is 8.06. The van der Waals surface area contributed by atoms with Gasteiger partial charge >= 0.3 is 0 Å². The molecule has 0 unspecified atom stereocenters. The van der Waals surface area contributed by atoms with Crippen molar-refractivity contribution in [2.75, 3.05) is 37.6 Å². The van der Waals surface area contributed by atoms with Crippen LogP contribution in [0, 0.1) is 5.82 Å². The van der Waals surface area contributed by atoms with Gasteiger partial charge in [0, 0.05) is 24.1 Å². The number of carbonyl (C=O) groups excluding carboxylic acids is 1. The lowest BCUT2D eigenvalue weighted by Crippen LogP contribution is -3.14. The molecule has 0 bridgehead atoms. The Labute approximate surface area is 142 Å². The molecule has 2 aromatic carbocycles. The number of para-hydroxylation sites is 1. The van der Waals surface area contributed by atoms with E-state index in [0.29, 0.717) is 12.0 Å². The van der Waals surface area contributed by atoms with Crippen LogP contribution in [0.4, 0.5) is 10.1 Å². The Morgan fingerprint density at radius 3 is 2.33 bits per heavy atom. The van der Waals surface area contributed by atoms with E-state index in [1.807, 2.05) is 6.07 Å². The van der Waals surface area contributed by atoms with Crippen molar-refractivity contribution in [3.8, 4) is 0 Å². The molecule has 0 aliphatic carbocycles. The summed E-state index contributed by atoms with van der Waals surface area (Å²) >= 11 is 0. The molecule has 0 radical (unpaired) electrons. The molecule has 4 heteroatoms. The highest BCUT2D eigenvalue weighted by Crippen LogP contribution is 2.12. The number of nitrogens with one attached hydrogen (secondary N) is 1. The van der Waals surface area contributed by atoms with Crippen LogP contribution in [-0.4, -0.2) is 38.5 Å². The monoisotopic (exact) mass is 327 g/mol. The van der Waals surface area contributed by atoms with Crippen molar-refractivity contribution in [2.45, 2.75) is 12.8 Å². The maximum absolute atomic E-state index is 12.9. The normalized spacial score (nSPS) is 15.5. The largest absolute Gasteiger partial charge is 0.360 e. The molecule has 1 N–H and O–H groups in total. The van der Waals surface area contributed by atoms with Crippen LogP contribution >= 0.6 is 0 Å². The molecule has 1 fully saturated rings. The molecule has 0 aromatic heterocycles. The van der Waals surface area contributed by atoms with Crippen LogP contribution in [0.5, 0.6) is 0 Å². The summed E-state index contributed by atoms with van der Waals surface area (Å²) in [4.78, 5) is 16.1. The van der Waals surface area contributed by atoms with Crippen LogP contribution in [0.2, 0.25) is 0 Å². The minimum Gasteiger partial charge on any atom is -0.360 e. The highest BCUT2D eigenvalue weighted by atomic mass is 19.1. The number of hydrogen-bond acceptors (Lipinski definition) is 2. The molecule has 1 saturated heterocycles. The van der Waals surface area contributed by atoms with Gasteiger partial charge in [-0.05, 0) is 36.4 Å². The van der Waals surface area contributed by atoms with Crippen molar-refractivity contribution in [1.82, 2.24) is 0 Å². The molecule has 1 aliphatic heterocycles. The molecule has 0 atom stereocenters. The SMILES string of the molecule is O=C(CCC[NH+]1CCN(c2ccccc2)CC1)c1ccc(F)cc1. The predicted octanol–water partition coefficient (Wildman–Crippen LogP) is 2.19. The van der Waals surface area contributed by atoms with Gasteiger partial charge < -0.3 is 9.80 Å². The number of hydrogen-bond donors (Lipinski definition) is 1. The molecule has 24 heavy (non-hydrogen) atoms. The summed E-state index contributed by atoms with van der Waals surface area (Å²) in [6.07, 6.45) is 1.43. The summed E-state index contributed by atoms with van der Waals surface area (Å²) in [6.45, 7) is 5.37. The summed E-state index contributed by atoms with van der Waals surface area (Å²) in [5.41, 5.74) is 1.91. The smallest absolute Gasteiger partial charge is 0.163 e. The van der Waals surface area contributed by atoms with Gasteiger partial charge in [0.15, 0.2) is 5.78 Å². The van der Waals surface area contributed by atoms with E-state index in [9.17, 15) is 9.18 Å². The highest BCUT2D eigenvalue weighted by Gasteiger charge is 2.20. The molecule has 0 saturated carbocycles. The van der Waals surface area contributed by atoms with E-state index in [1.165, 1.54) is 17.8 Å². The molecule has 1 heterocycles. The third-order valence-electron chi connectivity index (χ3n) is 4.69. The van der Waals surface area contributed by atoms with Crippen molar-refractivity contribution >= 4 is 11.5 Å². The number of halogens is 1. The maximum atomic E-state index is 12.9. The minimum atomic E-state index is -0.299. The average Bonchev–Trinajstić information content (AvgIpc) is 2.63. The predicted molar refractivity (Wildman–Crippen MR) is 94.2 cm³/mol. The Balaban J connectivity index is 1.39. The summed E-state index contributed by atoms with van der Waals surface area (Å²) in [6, 6.07) is 16.4. The fourth-order valence-electron chi connectivity index (χ4n) is 3.25. The number of carbonyl (C=O) groups is 1. The van der Waals surface area contributed by atoms with Gasteiger partial charge in [-0.2, -0.15) is 0 Å². The number of piperazine rings is 1. The average molecular weight is 327 g/mol. The van der Waals surface area contributed by atoms with Gasteiger partial charge in [0.05, 0.1) is 32.7 Å². The van der Waals surface area contributed by atoms with E-state index in [-0.39, 0.29) is 11.6 Å². The highest BCUT2D eigenvalue weighted by molar-refractivity contribution is 5.95. The topological polar surface area (TPSA) is 24.8 Å². The van der Waals surface area contributed by atoms with Crippen LogP contribution < -0.4 is 9.80 Å². The Morgan fingerprint density at radius 1 is 1.00 bits per heavy atom. The summed E-state index contributed by atoms with van der Waals surface area (Å²) in [5.74, 6) is -0.190. The first-order valence-electron chi connectivity index (χ1n) is 8.65. The number of benzene rings is 2. The van der Waals surface area contributed by atoms with Crippen molar-refractivity contribution in [2.24, 2.45) is 0 Å². The summed E-state index contributed by atoms with van der Waals surface area (Å²) < 4.78 is 12.9. The van der Waals surface area contributed by atoms with Gasteiger partial charge in [0.25, 0.3) is 0 Å². The van der Waals surface area contributed by atoms with E-state index in [4.69, 9.17) is 0 Å². The lowest BCUT2D eigenvalue weighted by Gasteiger charge is -2.33. The van der Waals surface area contributed by atoms with E-state index < -0.39 is 0 Å². The van der Waals surface area contributed by atoms with Crippen molar-refractivity contribution in [3.05, 3.63) is 66.0 Å². The van der Waals surface area contributed by atoms with Crippen molar-refractivity contribution in [1.29, 1.82) is 0 Å². The molecule has 126 valence electrons. The van der Waals surface area contributed by atoms with E-state index in [1.54, 1.807) is 17.0 Å². The van der Waals surface area contributed by atoms with Crippen LogP contribution in [0.3, 0.4) is 0 Å². The molecule has 3 nitrogen and oxygen atoms in total. The van der Waals surface area contributed by atoms with Crippen LogP contribution in [0.25, 0.3) is 0 Å². The third kappa shape index (κ3) is 4.42. The number of Topliss-reactive ketones (excluding diaryl/α,β-unsaturated/α-hetero) is 1. The zero-order valence-corrected chi connectivity index (χ0v) is 13.9. The second-order valence-electron chi connectivity index (χ2n) is 6.36. The molecule has 0 spiro atoms. The Hall–Kier alpha value is -2.20. The standard InChI is InChI=1S/C20H23FN2O/c21-18-10-8-17(9-11-18)20(24)7-4-12-22-13-15-23(16-14-22)19-5-2-1-3-6-19/h1-3,5-6,8-11H,4,7,12-16H2/p+1. The van der Waals surface area contributed by atoms with E-state index in [2.05, 4.69) is 29.2 Å². The first kappa shape index (κ1) is 16.7. The Morgan fingerprint density at radius 2 is 1.67 bits per heavy atom. The van der Waals surface area contributed by atoms with Gasteiger partial charge in [0.2, 0.25) is 0 Å². The zero-order valence-electron chi connectivity index (χ0n) is 13.9. The van der Waals surface area contributed by atoms with Gasteiger partial charge in [-0.15, -0.1) is 0 Å². The maximum Gasteiger partial charge on any atom is 0.163 e. The van der Waals surface area contributed by atoms with Crippen LogP contribution in [0.1, 0.15) is 23.2 Å². The third-order valence-corrected chi connectivity index (χ3v) is 4.69. The fourth-order valence-corrected chi connectivity index (χ4v) is 3.25. The molecule has 3 rings (SSSR count). The van der Waals surface area contributed by atoms with Crippen LogP contribution in [0.15, 0.2) is 54.6 Å². The van der Waals surface area contributed by atoms with Gasteiger partial charge in [-0.3, -0.25) is 4.79 Å². The van der Waals surface area contributed by atoms with Gasteiger partial charge in [-0.1, -0.05) is 18.2 Å². The van der Waals surface area contributed by atoms with Crippen LogP contribution in [-0.2, 0) is 0 Å². The summed E-state index contributed by atoms with van der Waals surface area (Å²) in [5, 5.41) is 0. The Bertz CT molecular complexity index is 649. The quantitative estimate of drug-likeness (QED) is 0.823. The molecule has 0 amide bonds. The fraction of sp³-hybridized carbons (Fsp3) is 0.350. The first-order chi connectivity index (χ1) is 11.7. The van der Waals surface area contributed by atoms with Gasteiger partial charge in [0.1, 0.15) is 5.82 Å². The molecular formula is C20H24FN2O+. The summed E-state index contributed by atoms with van der Waals surface area (Å²) in [7, 11) is 0. The molecule has 1 aliphatic rings. The number of nitrogens with zero attached hydrogens (tertiary/aromatic N) is 1. The molecular weight excluding hydrogens is 303 g/mol. The van der Waals surface area contributed by atoms with Crippen molar-refractivity contribution < 1.29 is 14.1 Å². The van der Waals surface area contributed by atoms with Crippen molar-refractivity contribution in [3.63, 3.8) is 0 Å². The zero-order chi connectivity index (χ0) is 16.8. The minimum absolute atomic E-state index is 0.109. The first-order valence-corrected chi connectivity index (χ1v) is 8.65. The lowest BCUT2D eigenvalue weighted by molar-refractivity contribution is -0.900.